The zero-order valence-corrected chi connectivity index (χ0v) is 15.9. The first-order valence-electron chi connectivity index (χ1n) is 8.01. The van der Waals surface area contributed by atoms with Crippen LogP contribution < -0.4 is 4.90 Å². The van der Waals surface area contributed by atoms with Crippen LogP contribution in [-0.2, 0) is 14.3 Å². The van der Waals surface area contributed by atoms with Gasteiger partial charge in [0.15, 0.2) is 0 Å². The third-order valence-corrected chi connectivity index (χ3v) is 4.34. The number of rotatable bonds is 4. The van der Waals surface area contributed by atoms with Crippen molar-refractivity contribution < 1.29 is 14.3 Å². The fourth-order valence-electron chi connectivity index (χ4n) is 2.71. The van der Waals surface area contributed by atoms with Crippen LogP contribution in [0.5, 0.6) is 0 Å². The summed E-state index contributed by atoms with van der Waals surface area (Å²) < 4.78 is 5.16. The van der Waals surface area contributed by atoms with E-state index in [9.17, 15) is 9.59 Å². The Bertz CT molecular complexity index is 959. The molecule has 1 unspecified atom stereocenters. The molecule has 1 amide bonds. The molecule has 0 spiro atoms. The monoisotopic (exact) mass is 403 g/mol. The Labute approximate surface area is 166 Å². The van der Waals surface area contributed by atoms with Crippen LogP contribution >= 0.6 is 23.2 Å². The first-order chi connectivity index (χ1) is 12.9. The summed E-state index contributed by atoms with van der Waals surface area (Å²) in [5.41, 5.74) is 1.68. The van der Waals surface area contributed by atoms with Crippen LogP contribution in [0.3, 0.4) is 0 Å². The fourth-order valence-corrected chi connectivity index (χ4v) is 3.08. The zero-order chi connectivity index (χ0) is 19.6. The predicted molar refractivity (Wildman–Crippen MR) is 104 cm³/mol. The number of carbonyl (C=O) groups excluding carboxylic acids is 2. The molecule has 27 heavy (non-hydrogen) atoms. The topological polar surface area (TPSA) is 71.9 Å². The lowest BCUT2D eigenvalue weighted by molar-refractivity contribution is -0.152. The number of fused-ring (bicyclic) bond motifs is 1. The van der Waals surface area contributed by atoms with Crippen molar-refractivity contribution in [2.24, 2.45) is 4.99 Å². The molecule has 8 heteroatoms. The second-order valence-electron chi connectivity index (χ2n) is 5.66. The van der Waals surface area contributed by atoms with E-state index in [-0.39, 0.29) is 11.7 Å². The maximum Gasteiger partial charge on any atom is 0.305 e. The molecule has 138 valence electrons. The molecule has 1 aliphatic heterocycles. The van der Waals surface area contributed by atoms with Gasteiger partial charge in [0.2, 0.25) is 0 Å². The van der Waals surface area contributed by atoms with Crippen molar-refractivity contribution in [1.29, 1.82) is 0 Å². The zero-order valence-electron chi connectivity index (χ0n) is 14.4. The van der Waals surface area contributed by atoms with Crippen LogP contribution in [0, 0.1) is 0 Å². The summed E-state index contributed by atoms with van der Waals surface area (Å²) in [5, 5.41) is 0.639. The van der Waals surface area contributed by atoms with E-state index in [0.717, 1.165) is 0 Å². The number of aromatic nitrogens is 1. The molecule has 0 radical (unpaired) electrons. The van der Waals surface area contributed by atoms with Gasteiger partial charge < -0.3 is 9.64 Å². The number of nitrogens with zero attached hydrogens (tertiary/aromatic N) is 3. The molecule has 1 aliphatic rings. The molecule has 2 aromatic rings. The van der Waals surface area contributed by atoms with Crippen LogP contribution in [-0.4, -0.2) is 35.3 Å². The highest BCUT2D eigenvalue weighted by Gasteiger charge is 2.34. The number of benzene rings is 1. The molecule has 0 bridgehead atoms. The van der Waals surface area contributed by atoms with E-state index >= 15 is 0 Å². The molecule has 0 saturated carbocycles. The molecule has 0 N–H and O–H groups in total. The quantitative estimate of drug-likeness (QED) is 0.443. The van der Waals surface area contributed by atoms with Crippen molar-refractivity contribution >= 4 is 46.5 Å². The average Bonchev–Trinajstić information content (AvgIpc) is 2.72. The molecule has 0 aliphatic carbocycles. The number of pyridine rings is 1. The number of anilines is 1. The number of ether oxygens (including phenoxy) is 1. The van der Waals surface area contributed by atoms with Gasteiger partial charge in [0, 0.05) is 19.0 Å². The number of halogens is 2. The van der Waals surface area contributed by atoms with E-state index in [4.69, 9.17) is 27.9 Å². The van der Waals surface area contributed by atoms with E-state index in [1.54, 1.807) is 42.5 Å². The summed E-state index contributed by atoms with van der Waals surface area (Å²) >= 11 is 12.4. The maximum atomic E-state index is 13.0. The standard InChI is InChI=1S/C19H15Cl2N3O3/c1-3-10-24-14-8-9-15(21)22-17(14)16(12-6-4-5-7-13(12)20)23-18(19(24)26)27-11(2)25/h3-9,18H,1,10H2,2H3. The van der Waals surface area contributed by atoms with E-state index < -0.39 is 18.1 Å². The highest BCUT2D eigenvalue weighted by atomic mass is 35.5. The van der Waals surface area contributed by atoms with Gasteiger partial charge in [-0.1, -0.05) is 47.5 Å². The van der Waals surface area contributed by atoms with Crippen LogP contribution in [0.15, 0.2) is 54.0 Å². The predicted octanol–water partition coefficient (Wildman–Crippen LogP) is 3.65. The Morgan fingerprint density at radius 3 is 2.70 bits per heavy atom. The molecule has 0 saturated heterocycles. The normalized spacial score (nSPS) is 16.3. The minimum atomic E-state index is -1.37. The van der Waals surface area contributed by atoms with Crippen molar-refractivity contribution in [2.45, 2.75) is 13.2 Å². The van der Waals surface area contributed by atoms with Gasteiger partial charge in [-0.15, -0.1) is 6.58 Å². The van der Waals surface area contributed by atoms with Gasteiger partial charge in [-0.05, 0) is 18.2 Å². The summed E-state index contributed by atoms with van der Waals surface area (Å²) in [6.45, 7) is 5.07. The summed E-state index contributed by atoms with van der Waals surface area (Å²) in [6, 6.07) is 10.2. The molecule has 2 heterocycles. The largest absolute Gasteiger partial charge is 0.430 e. The molecular weight excluding hydrogens is 389 g/mol. The van der Waals surface area contributed by atoms with Crippen LogP contribution in [0.2, 0.25) is 10.2 Å². The van der Waals surface area contributed by atoms with Gasteiger partial charge in [0.05, 0.1) is 16.4 Å². The number of esters is 1. The number of hydrogen-bond donors (Lipinski definition) is 0. The molecule has 1 aromatic carbocycles. The maximum absolute atomic E-state index is 13.0. The number of carbonyl (C=O) groups is 2. The van der Waals surface area contributed by atoms with Gasteiger partial charge in [-0.2, -0.15) is 0 Å². The van der Waals surface area contributed by atoms with Gasteiger partial charge in [0.1, 0.15) is 10.8 Å². The SMILES string of the molecule is C=CCN1C(=O)C(OC(C)=O)N=C(c2ccccc2Cl)c2nc(Cl)ccc21. The highest BCUT2D eigenvalue weighted by Crippen LogP contribution is 2.31. The summed E-state index contributed by atoms with van der Waals surface area (Å²) in [7, 11) is 0. The molecule has 6 nitrogen and oxygen atoms in total. The Balaban J connectivity index is 2.30. The first kappa shape index (κ1) is 19.1. The van der Waals surface area contributed by atoms with Gasteiger partial charge in [-0.25, -0.2) is 9.98 Å². The van der Waals surface area contributed by atoms with Crippen LogP contribution in [0.4, 0.5) is 5.69 Å². The average molecular weight is 404 g/mol. The number of amides is 1. The fraction of sp³-hybridized carbons (Fsp3) is 0.158. The van der Waals surface area contributed by atoms with E-state index in [1.807, 2.05) is 0 Å². The van der Waals surface area contributed by atoms with Gasteiger partial charge >= 0.3 is 5.97 Å². The lowest BCUT2D eigenvalue weighted by Gasteiger charge is -2.23. The molecular formula is C19H15Cl2N3O3. The Morgan fingerprint density at radius 1 is 1.30 bits per heavy atom. The molecule has 1 aromatic heterocycles. The van der Waals surface area contributed by atoms with Crippen molar-refractivity contribution in [3.63, 3.8) is 0 Å². The number of hydrogen-bond acceptors (Lipinski definition) is 5. The van der Waals surface area contributed by atoms with Crippen LogP contribution in [0.25, 0.3) is 0 Å². The number of aliphatic imine (C=N–C) groups is 1. The van der Waals surface area contributed by atoms with Gasteiger partial charge in [-0.3, -0.25) is 9.59 Å². The molecule has 1 atom stereocenters. The summed E-state index contributed by atoms with van der Waals surface area (Å²) in [5.74, 6) is -1.15. The lowest BCUT2D eigenvalue weighted by Crippen LogP contribution is -2.40. The third kappa shape index (κ3) is 3.86. The summed E-state index contributed by atoms with van der Waals surface area (Å²) in [6.07, 6.45) is 0.184. The van der Waals surface area contributed by atoms with E-state index in [1.165, 1.54) is 11.8 Å². The van der Waals surface area contributed by atoms with Crippen molar-refractivity contribution in [3.8, 4) is 0 Å². The van der Waals surface area contributed by atoms with Gasteiger partial charge in [0.25, 0.3) is 12.1 Å². The Hall–Kier alpha value is -2.70. The minimum absolute atomic E-state index is 0.179. The second-order valence-corrected chi connectivity index (χ2v) is 6.45. The summed E-state index contributed by atoms with van der Waals surface area (Å²) in [4.78, 5) is 34.6. The Morgan fingerprint density at radius 2 is 2.04 bits per heavy atom. The highest BCUT2D eigenvalue weighted by molar-refractivity contribution is 6.36. The van der Waals surface area contributed by atoms with Crippen molar-refractivity contribution in [1.82, 2.24) is 4.98 Å². The van der Waals surface area contributed by atoms with E-state index in [0.29, 0.717) is 27.7 Å². The Kier molecular flexibility index (Phi) is 5.58. The van der Waals surface area contributed by atoms with Crippen molar-refractivity contribution in [2.75, 3.05) is 11.4 Å². The van der Waals surface area contributed by atoms with Crippen LogP contribution in [0.1, 0.15) is 18.2 Å². The van der Waals surface area contributed by atoms with Crippen molar-refractivity contribution in [3.05, 3.63) is 70.5 Å². The minimum Gasteiger partial charge on any atom is -0.430 e. The lowest BCUT2D eigenvalue weighted by atomic mass is 10.0. The molecule has 0 fully saturated rings. The third-order valence-electron chi connectivity index (χ3n) is 3.80. The van der Waals surface area contributed by atoms with E-state index in [2.05, 4.69) is 16.6 Å². The molecule has 3 rings (SSSR count). The smallest absolute Gasteiger partial charge is 0.305 e. The second kappa shape index (κ2) is 7.90. The first-order valence-corrected chi connectivity index (χ1v) is 8.77.